The van der Waals surface area contributed by atoms with Gasteiger partial charge in [0.15, 0.2) is 0 Å². The molecule has 4 nitrogen and oxygen atoms in total. The van der Waals surface area contributed by atoms with Crippen molar-refractivity contribution in [3.63, 3.8) is 0 Å². The smallest absolute Gasteiger partial charge is 0.345 e. The van der Waals surface area contributed by atoms with Gasteiger partial charge >= 0.3 is 5.63 Å². The van der Waals surface area contributed by atoms with E-state index >= 15 is 0 Å². The molecule has 0 atom stereocenters. The third-order valence-electron chi connectivity index (χ3n) is 2.86. The van der Waals surface area contributed by atoms with Crippen LogP contribution in [0, 0.1) is 6.92 Å². The lowest BCUT2D eigenvalue weighted by atomic mass is 10.1. The predicted molar refractivity (Wildman–Crippen MR) is 69.1 cm³/mol. The highest BCUT2D eigenvalue weighted by molar-refractivity contribution is 5.92. The van der Waals surface area contributed by atoms with Gasteiger partial charge in [-0.3, -0.25) is 0 Å². The first-order valence-electron chi connectivity index (χ1n) is 5.56. The van der Waals surface area contributed by atoms with Crippen LogP contribution in [0.5, 0.6) is 5.75 Å². The molecular weight excluding hydrogens is 230 g/mol. The van der Waals surface area contributed by atoms with Gasteiger partial charge in [-0.25, -0.2) is 9.78 Å². The SMILES string of the molecule is COc1ccc2nc3cc(C)oc(=O)c3cc2c1. The van der Waals surface area contributed by atoms with Crippen molar-refractivity contribution in [2.45, 2.75) is 6.92 Å². The van der Waals surface area contributed by atoms with Crippen molar-refractivity contribution in [2.24, 2.45) is 0 Å². The lowest BCUT2D eigenvalue weighted by Gasteiger charge is -2.04. The van der Waals surface area contributed by atoms with Gasteiger partial charge in [0.1, 0.15) is 11.5 Å². The van der Waals surface area contributed by atoms with E-state index in [9.17, 15) is 4.79 Å². The van der Waals surface area contributed by atoms with E-state index in [4.69, 9.17) is 9.15 Å². The molecule has 0 bridgehead atoms. The van der Waals surface area contributed by atoms with Crippen molar-refractivity contribution in [2.75, 3.05) is 7.11 Å². The molecule has 2 heterocycles. The van der Waals surface area contributed by atoms with E-state index in [1.807, 2.05) is 18.2 Å². The Bertz CT molecular complexity index is 805. The molecule has 0 saturated heterocycles. The van der Waals surface area contributed by atoms with Crippen LogP contribution in [0.3, 0.4) is 0 Å². The van der Waals surface area contributed by atoms with Crippen molar-refractivity contribution in [3.05, 3.63) is 46.5 Å². The normalized spacial score (nSPS) is 11.0. The number of fused-ring (bicyclic) bond motifs is 2. The zero-order valence-electron chi connectivity index (χ0n) is 10.1. The average molecular weight is 241 g/mol. The zero-order chi connectivity index (χ0) is 12.7. The van der Waals surface area contributed by atoms with Crippen LogP contribution in [-0.4, -0.2) is 12.1 Å². The number of rotatable bonds is 1. The molecule has 2 aromatic heterocycles. The lowest BCUT2D eigenvalue weighted by Crippen LogP contribution is -2.01. The molecule has 0 fully saturated rings. The molecule has 0 radical (unpaired) electrons. The molecule has 0 amide bonds. The van der Waals surface area contributed by atoms with Gasteiger partial charge in [-0.2, -0.15) is 0 Å². The van der Waals surface area contributed by atoms with Crippen molar-refractivity contribution >= 4 is 21.8 Å². The predicted octanol–water partition coefficient (Wildman–Crippen LogP) is 2.66. The minimum atomic E-state index is -0.359. The van der Waals surface area contributed by atoms with E-state index in [0.29, 0.717) is 16.7 Å². The molecule has 0 N–H and O–H groups in total. The van der Waals surface area contributed by atoms with Gasteiger partial charge in [0.2, 0.25) is 0 Å². The zero-order valence-corrected chi connectivity index (χ0v) is 10.1. The number of benzene rings is 1. The summed E-state index contributed by atoms with van der Waals surface area (Å²) in [6.07, 6.45) is 0. The fraction of sp³-hybridized carbons (Fsp3) is 0.143. The summed E-state index contributed by atoms with van der Waals surface area (Å²) in [6.45, 7) is 1.74. The van der Waals surface area contributed by atoms with E-state index in [1.54, 1.807) is 26.2 Å². The van der Waals surface area contributed by atoms with E-state index < -0.39 is 0 Å². The number of ether oxygens (including phenoxy) is 1. The Morgan fingerprint density at radius 2 is 2.00 bits per heavy atom. The van der Waals surface area contributed by atoms with Gasteiger partial charge in [0, 0.05) is 11.5 Å². The molecule has 0 unspecified atom stereocenters. The quantitative estimate of drug-likeness (QED) is 0.614. The van der Waals surface area contributed by atoms with Crippen LogP contribution in [0.1, 0.15) is 5.76 Å². The summed E-state index contributed by atoms with van der Waals surface area (Å²) in [5, 5.41) is 1.35. The van der Waals surface area contributed by atoms with Crippen LogP contribution in [-0.2, 0) is 0 Å². The highest BCUT2D eigenvalue weighted by atomic mass is 16.5. The highest BCUT2D eigenvalue weighted by Gasteiger charge is 2.06. The molecule has 4 heteroatoms. The minimum Gasteiger partial charge on any atom is -0.497 e. The number of hydrogen-bond acceptors (Lipinski definition) is 4. The van der Waals surface area contributed by atoms with Gasteiger partial charge in [0.25, 0.3) is 0 Å². The first-order valence-corrected chi connectivity index (χ1v) is 5.56. The van der Waals surface area contributed by atoms with Gasteiger partial charge in [-0.1, -0.05) is 0 Å². The number of nitrogens with zero attached hydrogens (tertiary/aromatic N) is 1. The first-order chi connectivity index (χ1) is 8.67. The molecule has 18 heavy (non-hydrogen) atoms. The molecule has 3 aromatic rings. The first kappa shape index (κ1) is 10.8. The molecule has 0 aliphatic heterocycles. The highest BCUT2D eigenvalue weighted by Crippen LogP contribution is 2.22. The average Bonchev–Trinajstić information content (AvgIpc) is 2.36. The summed E-state index contributed by atoms with van der Waals surface area (Å²) >= 11 is 0. The maximum Gasteiger partial charge on any atom is 0.345 e. The largest absolute Gasteiger partial charge is 0.497 e. The maximum atomic E-state index is 11.8. The van der Waals surface area contributed by atoms with Crippen LogP contribution in [0.4, 0.5) is 0 Å². The van der Waals surface area contributed by atoms with Gasteiger partial charge in [-0.05, 0) is 31.2 Å². The second-order valence-corrected chi connectivity index (χ2v) is 4.12. The van der Waals surface area contributed by atoms with E-state index in [-0.39, 0.29) is 5.63 Å². The Morgan fingerprint density at radius 3 is 2.78 bits per heavy atom. The van der Waals surface area contributed by atoms with Crippen LogP contribution in [0.25, 0.3) is 21.8 Å². The molecule has 3 rings (SSSR count). The minimum absolute atomic E-state index is 0.359. The third kappa shape index (κ3) is 1.62. The number of aryl methyl sites for hydroxylation is 1. The topological polar surface area (TPSA) is 52.3 Å². The van der Waals surface area contributed by atoms with Crippen LogP contribution >= 0.6 is 0 Å². The molecule has 0 spiro atoms. The van der Waals surface area contributed by atoms with Crippen LogP contribution in [0.2, 0.25) is 0 Å². The number of hydrogen-bond donors (Lipinski definition) is 0. The van der Waals surface area contributed by atoms with E-state index in [2.05, 4.69) is 4.98 Å². The van der Waals surface area contributed by atoms with Crippen molar-refractivity contribution in [1.82, 2.24) is 4.98 Å². The second kappa shape index (κ2) is 3.84. The number of aromatic nitrogens is 1. The molecule has 1 aromatic carbocycles. The fourth-order valence-electron chi connectivity index (χ4n) is 1.99. The third-order valence-corrected chi connectivity index (χ3v) is 2.86. The Hall–Kier alpha value is -2.36. The summed E-state index contributed by atoms with van der Waals surface area (Å²) in [7, 11) is 1.60. The van der Waals surface area contributed by atoms with Gasteiger partial charge < -0.3 is 9.15 Å². The molecular formula is C14H11NO3. The Kier molecular flexibility index (Phi) is 2.30. The summed E-state index contributed by atoms with van der Waals surface area (Å²) in [6, 6.07) is 9.12. The summed E-state index contributed by atoms with van der Waals surface area (Å²) < 4.78 is 10.2. The Labute approximate surface area is 103 Å². The van der Waals surface area contributed by atoms with Crippen molar-refractivity contribution in [1.29, 1.82) is 0 Å². The van der Waals surface area contributed by atoms with Crippen molar-refractivity contribution < 1.29 is 9.15 Å². The summed E-state index contributed by atoms with van der Waals surface area (Å²) in [5.74, 6) is 1.30. The maximum absolute atomic E-state index is 11.8. The van der Waals surface area contributed by atoms with Crippen LogP contribution < -0.4 is 10.4 Å². The molecule has 0 saturated carbocycles. The van der Waals surface area contributed by atoms with Gasteiger partial charge in [0.05, 0.1) is 23.5 Å². The summed E-state index contributed by atoms with van der Waals surface area (Å²) in [4.78, 5) is 16.2. The molecule has 0 aliphatic carbocycles. The molecule has 90 valence electrons. The van der Waals surface area contributed by atoms with E-state index in [0.717, 1.165) is 16.7 Å². The van der Waals surface area contributed by atoms with Crippen molar-refractivity contribution in [3.8, 4) is 5.75 Å². The molecule has 0 aliphatic rings. The second-order valence-electron chi connectivity index (χ2n) is 4.12. The summed E-state index contributed by atoms with van der Waals surface area (Å²) in [5.41, 5.74) is 1.12. The Morgan fingerprint density at radius 1 is 1.17 bits per heavy atom. The monoisotopic (exact) mass is 241 g/mol. The number of methoxy groups -OCH3 is 1. The Balaban J connectivity index is 2.43. The van der Waals surface area contributed by atoms with E-state index in [1.165, 1.54) is 0 Å². The standard InChI is InChI=1S/C14H11NO3/c1-8-5-13-11(14(16)18-8)7-9-6-10(17-2)3-4-12(9)15-13/h3-7H,1-2H3. The van der Waals surface area contributed by atoms with Crippen LogP contribution in [0.15, 0.2) is 39.5 Å². The fourth-order valence-corrected chi connectivity index (χ4v) is 1.99. The number of pyridine rings is 1. The van der Waals surface area contributed by atoms with Gasteiger partial charge in [-0.15, -0.1) is 0 Å². The lowest BCUT2D eigenvalue weighted by molar-refractivity contribution is 0.415.